The Morgan fingerprint density at radius 3 is 2.72 bits per heavy atom. The second-order valence-electron chi connectivity index (χ2n) is 6.40. The highest BCUT2D eigenvalue weighted by molar-refractivity contribution is 5.94. The third-order valence-corrected chi connectivity index (χ3v) is 4.92. The van der Waals surface area contributed by atoms with Crippen LogP contribution in [0.15, 0.2) is 42.5 Å². The number of benzene rings is 2. The van der Waals surface area contributed by atoms with Crippen LogP contribution in [0.4, 0.5) is 5.69 Å². The Balaban J connectivity index is 1.42. The van der Waals surface area contributed by atoms with Gasteiger partial charge in [-0.3, -0.25) is 4.79 Å². The van der Waals surface area contributed by atoms with E-state index in [0.29, 0.717) is 6.61 Å². The summed E-state index contributed by atoms with van der Waals surface area (Å²) in [4.78, 5) is 17.0. The number of ether oxygens (including phenoxy) is 2. The summed E-state index contributed by atoms with van der Waals surface area (Å²) in [5.41, 5.74) is 3.04. The zero-order valence-corrected chi connectivity index (χ0v) is 14.4. The molecule has 5 heteroatoms. The van der Waals surface area contributed by atoms with Crippen LogP contribution in [0, 0.1) is 0 Å². The highest BCUT2D eigenvalue weighted by atomic mass is 16.5. The Morgan fingerprint density at radius 2 is 1.92 bits per heavy atom. The van der Waals surface area contributed by atoms with Crippen LogP contribution in [-0.2, 0) is 6.42 Å². The highest BCUT2D eigenvalue weighted by Crippen LogP contribution is 2.27. The minimum atomic E-state index is 0.111. The summed E-state index contributed by atoms with van der Waals surface area (Å²) in [6.45, 7) is 3.82. The van der Waals surface area contributed by atoms with E-state index in [1.165, 1.54) is 0 Å². The maximum absolute atomic E-state index is 12.8. The molecule has 0 bridgehead atoms. The fourth-order valence-electron chi connectivity index (χ4n) is 3.48. The molecule has 2 aromatic rings. The van der Waals surface area contributed by atoms with Crippen molar-refractivity contribution in [2.75, 3.05) is 44.8 Å². The van der Waals surface area contributed by atoms with E-state index in [1.54, 1.807) is 7.11 Å². The zero-order chi connectivity index (χ0) is 17.2. The maximum atomic E-state index is 12.8. The molecule has 2 aliphatic heterocycles. The van der Waals surface area contributed by atoms with Gasteiger partial charge >= 0.3 is 0 Å². The standard InChI is InChI=1S/C20H22N2O3/c1-24-18-4-2-3-17(14-18)21-8-10-22(11-9-21)20(23)16-5-6-19-15(13-16)7-12-25-19/h2-6,13-14H,7-12H2,1H3. The molecule has 0 spiro atoms. The van der Waals surface area contributed by atoms with Crippen molar-refractivity contribution in [2.45, 2.75) is 6.42 Å². The molecule has 0 saturated carbocycles. The Bertz CT molecular complexity index is 782. The topological polar surface area (TPSA) is 42.0 Å². The number of hydrogen-bond donors (Lipinski definition) is 0. The molecule has 25 heavy (non-hydrogen) atoms. The SMILES string of the molecule is COc1cccc(N2CCN(C(=O)c3ccc4c(c3)CCO4)CC2)c1. The molecule has 5 nitrogen and oxygen atoms in total. The van der Waals surface area contributed by atoms with Gasteiger partial charge in [-0.2, -0.15) is 0 Å². The first-order valence-corrected chi connectivity index (χ1v) is 8.68. The number of carbonyl (C=O) groups excluding carboxylic acids is 1. The minimum Gasteiger partial charge on any atom is -0.497 e. The van der Waals surface area contributed by atoms with E-state index in [2.05, 4.69) is 11.0 Å². The molecule has 0 atom stereocenters. The minimum absolute atomic E-state index is 0.111. The molecule has 2 aromatic carbocycles. The average molecular weight is 338 g/mol. The molecule has 1 saturated heterocycles. The van der Waals surface area contributed by atoms with Crippen molar-refractivity contribution < 1.29 is 14.3 Å². The molecule has 2 aliphatic rings. The number of amides is 1. The second kappa shape index (κ2) is 6.67. The van der Waals surface area contributed by atoms with E-state index in [4.69, 9.17) is 9.47 Å². The van der Waals surface area contributed by atoms with Crippen molar-refractivity contribution in [2.24, 2.45) is 0 Å². The number of nitrogens with zero attached hydrogens (tertiary/aromatic N) is 2. The van der Waals surface area contributed by atoms with Gasteiger partial charge in [-0.1, -0.05) is 6.07 Å². The number of fused-ring (bicyclic) bond motifs is 1. The maximum Gasteiger partial charge on any atom is 0.253 e. The molecule has 4 rings (SSSR count). The molecule has 0 aromatic heterocycles. The van der Waals surface area contributed by atoms with Crippen LogP contribution in [0.3, 0.4) is 0 Å². The largest absolute Gasteiger partial charge is 0.497 e. The van der Waals surface area contributed by atoms with Crippen LogP contribution in [-0.4, -0.2) is 50.7 Å². The smallest absolute Gasteiger partial charge is 0.253 e. The number of piperazine rings is 1. The lowest BCUT2D eigenvalue weighted by molar-refractivity contribution is 0.0746. The molecule has 0 radical (unpaired) electrons. The van der Waals surface area contributed by atoms with Crippen molar-refractivity contribution in [1.82, 2.24) is 4.90 Å². The van der Waals surface area contributed by atoms with Gasteiger partial charge in [-0.15, -0.1) is 0 Å². The van der Waals surface area contributed by atoms with Crippen LogP contribution in [0.25, 0.3) is 0 Å². The zero-order valence-electron chi connectivity index (χ0n) is 14.4. The fourth-order valence-corrected chi connectivity index (χ4v) is 3.48. The molecule has 2 heterocycles. The molecular formula is C20H22N2O3. The monoisotopic (exact) mass is 338 g/mol. The van der Waals surface area contributed by atoms with Crippen molar-refractivity contribution in [3.8, 4) is 11.5 Å². The summed E-state index contributed by atoms with van der Waals surface area (Å²) in [6.07, 6.45) is 0.889. The van der Waals surface area contributed by atoms with Gasteiger partial charge in [0, 0.05) is 49.9 Å². The number of carbonyl (C=O) groups is 1. The van der Waals surface area contributed by atoms with E-state index in [1.807, 2.05) is 41.3 Å². The van der Waals surface area contributed by atoms with Crippen LogP contribution in [0.2, 0.25) is 0 Å². The quantitative estimate of drug-likeness (QED) is 0.863. The Kier molecular flexibility index (Phi) is 4.22. The number of rotatable bonds is 3. The molecule has 1 fully saturated rings. The molecular weight excluding hydrogens is 316 g/mol. The lowest BCUT2D eigenvalue weighted by Gasteiger charge is -2.36. The van der Waals surface area contributed by atoms with Crippen LogP contribution in [0.1, 0.15) is 15.9 Å². The molecule has 0 aliphatic carbocycles. The van der Waals surface area contributed by atoms with Crippen molar-refractivity contribution in [3.05, 3.63) is 53.6 Å². The van der Waals surface area contributed by atoms with E-state index >= 15 is 0 Å². The number of anilines is 1. The molecule has 0 N–H and O–H groups in total. The lowest BCUT2D eigenvalue weighted by Crippen LogP contribution is -2.48. The highest BCUT2D eigenvalue weighted by Gasteiger charge is 2.24. The Morgan fingerprint density at radius 1 is 1.08 bits per heavy atom. The third-order valence-electron chi connectivity index (χ3n) is 4.92. The Hall–Kier alpha value is -2.69. The van der Waals surface area contributed by atoms with Crippen LogP contribution in [0.5, 0.6) is 11.5 Å². The summed E-state index contributed by atoms with van der Waals surface area (Å²) < 4.78 is 10.8. The van der Waals surface area contributed by atoms with Gasteiger partial charge in [0.05, 0.1) is 13.7 Å². The van der Waals surface area contributed by atoms with Gasteiger partial charge < -0.3 is 19.3 Å². The van der Waals surface area contributed by atoms with Gasteiger partial charge in [-0.05, 0) is 35.9 Å². The summed E-state index contributed by atoms with van der Waals surface area (Å²) in [7, 11) is 1.68. The number of hydrogen-bond acceptors (Lipinski definition) is 4. The summed E-state index contributed by atoms with van der Waals surface area (Å²) in [6, 6.07) is 13.8. The predicted octanol–water partition coefficient (Wildman–Crippen LogP) is 2.59. The van der Waals surface area contributed by atoms with E-state index in [0.717, 1.165) is 60.9 Å². The molecule has 0 unspecified atom stereocenters. The predicted molar refractivity (Wildman–Crippen MR) is 96.8 cm³/mol. The summed E-state index contributed by atoms with van der Waals surface area (Å²) in [5.74, 6) is 1.88. The lowest BCUT2D eigenvalue weighted by atomic mass is 10.1. The van der Waals surface area contributed by atoms with Gasteiger partial charge in [0.2, 0.25) is 0 Å². The van der Waals surface area contributed by atoms with E-state index in [-0.39, 0.29) is 5.91 Å². The molecule has 1 amide bonds. The van der Waals surface area contributed by atoms with E-state index in [9.17, 15) is 4.79 Å². The van der Waals surface area contributed by atoms with Crippen LogP contribution < -0.4 is 14.4 Å². The van der Waals surface area contributed by atoms with Gasteiger partial charge in [0.1, 0.15) is 11.5 Å². The normalized spacial score (nSPS) is 16.4. The summed E-state index contributed by atoms with van der Waals surface area (Å²) >= 11 is 0. The van der Waals surface area contributed by atoms with Crippen LogP contribution >= 0.6 is 0 Å². The average Bonchev–Trinajstić information content (AvgIpc) is 3.15. The fraction of sp³-hybridized carbons (Fsp3) is 0.350. The summed E-state index contributed by atoms with van der Waals surface area (Å²) in [5, 5.41) is 0. The van der Waals surface area contributed by atoms with Crippen molar-refractivity contribution in [3.63, 3.8) is 0 Å². The van der Waals surface area contributed by atoms with Crippen molar-refractivity contribution in [1.29, 1.82) is 0 Å². The first-order valence-electron chi connectivity index (χ1n) is 8.68. The third kappa shape index (κ3) is 3.14. The van der Waals surface area contributed by atoms with Gasteiger partial charge in [0.15, 0.2) is 0 Å². The van der Waals surface area contributed by atoms with E-state index < -0.39 is 0 Å². The van der Waals surface area contributed by atoms with Crippen molar-refractivity contribution >= 4 is 11.6 Å². The molecule has 130 valence electrons. The first-order chi connectivity index (χ1) is 12.2. The first kappa shape index (κ1) is 15.8. The Labute approximate surface area is 147 Å². The van der Waals surface area contributed by atoms with Gasteiger partial charge in [0.25, 0.3) is 5.91 Å². The van der Waals surface area contributed by atoms with Gasteiger partial charge in [-0.25, -0.2) is 0 Å². The second-order valence-corrected chi connectivity index (χ2v) is 6.40. The number of methoxy groups -OCH3 is 1.